The monoisotopic (exact) mass is 278 g/mol. The standard InChI is InChI=1S/C18H34N2/c1-13(2)19-15-7-6-10-20(12-15)16-17(3,4)14-8-9-18(16,5)11-14/h13-16,19H,6-12H2,1-5H3. The average Bonchev–Trinajstić information content (AvgIpc) is 2.79. The lowest BCUT2D eigenvalue weighted by atomic mass is 9.67. The van der Waals surface area contributed by atoms with Crippen molar-refractivity contribution in [2.45, 2.75) is 84.8 Å². The number of likely N-dealkylation sites (tertiary alicyclic amines) is 1. The van der Waals surface area contributed by atoms with Crippen LogP contribution in [-0.4, -0.2) is 36.1 Å². The van der Waals surface area contributed by atoms with E-state index in [1.165, 1.54) is 45.2 Å². The molecule has 0 radical (unpaired) electrons. The third-order valence-corrected chi connectivity index (χ3v) is 6.58. The Morgan fingerprint density at radius 3 is 2.50 bits per heavy atom. The van der Waals surface area contributed by atoms with Crippen LogP contribution in [-0.2, 0) is 0 Å². The lowest BCUT2D eigenvalue weighted by molar-refractivity contribution is -0.0139. The summed E-state index contributed by atoms with van der Waals surface area (Å²) in [5.74, 6) is 0.968. The fourth-order valence-corrected chi connectivity index (χ4v) is 6.04. The van der Waals surface area contributed by atoms with Gasteiger partial charge in [-0.05, 0) is 55.4 Å². The van der Waals surface area contributed by atoms with Crippen LogP contribution in [0.1, 0.15) is 66.7 Å². The molecule has 20 heavy (non-hydrogen) atoms. The van der Waals surface area contributed by atoms with E-state index < -0.39 is 0 Å². The summed E-state index contributed by atoms with van der Waals surface area (Å²) in [6.07, 6.45) is 7.15. The van der Waals surface area contributed by atoms with E-state index >= 15 is 0 Å². The Morgan fingerprint density at radius 2 is 1.90 bits per heavy atom. The summed E-state index contributed by atoms with van der Waals surface area (Å²) in [6, 6.07) is 2.14. The zero-order valence-corrected chi connectivity index (χ0v) is 14.2. The van der Waals surface area contributed by atoms with Crippen molar-refractivity contribution in [1.29, 1.82) is 0 Å². The Morgan fingerprint density at radius 1 is 1.15 bits per heavy atom. The van der Waals surface area contributed by atoms with Gasteiger partial charge in [-0.15, -0.1) is 0 Å². The van der Waals surface area contributed by atoms with Gasteiger partial charge in [0.2, 0.25) is 0 Å². The minimum atomic E-state index is 0.521. The van der Waals surface area contributed by atoms with Crippen molar-refractivity contribution in [3.05, 3.63) is 0 Å². The molecular formula is C18H34N2. The third-order valence-electron chi connectivity index (χ3n) is 6.58. The second kappa shape index (κ2) is 4.98. The van der Waals surface area contributed by atoms with Gasteiger partial charge in [-0.2, -0.15) is 0 Å². The molecule has 1 heterocycles. The zero-order valence-electron chi connectivity index (χ0n) is 14.2. The topological polar surface area (TPSA) is 15.3 Å². The van der Waals surface area contributed by atoms with E-state index in [9.17, 15) is 0 Å². The zero-order chi connectivity index (χ0) is 14.5. The number of fused-ring (bicyclic) bond motifs is 2. The SMILES string of the molecule is CC(C)NC1CCCN(C2C3(C)CCC(C3)C2(C)C)C1. The highest BCUT2D eigenvalue weighted by atomic mass is 15.2. The summed E-state index contributed by atoms with van der Waals surface area (Å²) in [6.45, 7) is 14.8. The molecule has 0 amide bonds. The molecule has 0 aromatic rings. The van der Waals surface area contributed by atoms with Gasteiger partial charge in [-0.3, -0.25) is 4.90 Å². The first-order valence-corrected chi connectivity index (χ1v) is 8.83. The minimum Gasteiger partial charge on any atom is -0.311 e. The van der Waals surface area contributed by atoms with Crippen LogP contribution >= 0.6 is 0 Å². The van der Waals surface area contributed by atoms with Crippen molar-refractivity contribution in [2.75, 3.05) is 13.1 Å². The number of piperidine rings is 1. The van der Waals surface area contributed by atoms with E-state index in [4.69, 9.17) is 0 Å². The molecular weight excluding hydrogens is 244 g/mol. The minimum absolute atomic E-state index is 0.521. The highest BCUT2D eigenvalue weighted by Gasteiger charge is 2.61. The number of nitrogens with one attached hydrogen (secondary N) is 1. The molecule has 2 heteroatoms. The molecule has 3 aliphatic rings. The van der Waals surface area contributed by atoms with Gasteiger partial charge in [0.05, 0.1) is 0 Å². The Hall–Kier alpha value is -0.0800. The van der Waals surface area contributed by atoms with Crippen molar-refractivity contribution in [1.82, 2.24) is 10.2 Å². The Balaban J connectivity index is 1.75. The van der Waals surface area contributed by atoms with E-state index in [0.29, 0.717) is 22.9 Å². The van der Waals surface area contributed by atoms with Crippen LogP contribution in [0.3, 0.4) is 0 Å². The molecule has 2 aliphatic carbocycles. The van der Waals surface area contributed by atoms with Gasteiger partial charge in [0.15, 0.2) is 0 Å². The predicted molar refractivity (Wildman–Crippen MR) is 85.9 cm³/mol. The molecule has 2 saturated carbocycles. The Bertz CT molecular complexity index is 358. The molecule has 3 fully saturated rings. The van der Waals surface area contributed by atoms with Crippen LogP contribution in [0.5, 0.6) is 0 Å². The van der Waals surface area contributed by atoms with Crippen molar-refractivity contribution in [3.63, 3.8) is 0 Å². The van der Waals surface area contributed by atoms with Gasteiger partial charge in [0.25, 0.3) is 0 Å². The van der Waals surface area contributed by atoms with Gasteiger partial charge >= 0.3 is 0 Å². The number of hydrogen-bond acceptors (Lipinski definition) is 2. The predicted octanol–water partition coefficient (Wildman–Crippen LogP) is 3.66. The maximum atomic E-state index is 3.78. The first kappa shape index (κ1) is 14.8. The summed E-state index contributed by atoms with van der Waals surface area (Å²) in [7, 11) is 0. The van der Waals surface area contributed by atoms with Crippen LogP contribution in [0.2, 0.25) is 0 Å². The molecule has 4 atom stereocenters. The number of nitrogens with zero attached hydrogens (tertiary/aromatic N) is 1. The average molecular weight is 278 g/mol. The number of rotatable bonds is 3. The lowest BCUT2D eigenvalue weighted by Crippen LogP contribution is -2.58. The summed E-state index contributed by atoms with van der Waals surface area (Å²) in [5, 5.41) is 3.78. The first-order valence-electron chi connectivity index (χ1n) is 8.83. The highest BCUT2D eigenvalue weighted by Crippen LogP contribution is 2.64. The fraction of sp³-hybridized carbons (Fsp3) is 1.00. The van der Waals surface area contributed by atoms with Crippen LogP contribution < -0.4 is 5.32 Å². The molecule has 116 valence electrons. The van der Waals surface area contributed by atoms with Crippen LogP contribution in [0.4, 0.5) is 0 Å². The quantitative estimate of drug-likeness (QED) is 0.847. The van der Waals surface area contributed by atoms with Crippen LogP contribution in [0.25, 0.3) is 0 Å². The molecule has 3 rings (SSSR count). The van der Waals surface area contributed by atoms with Crippen molar-refractivity contribution in [2.24, 2.45) is 16.7 Å². The Labute approximate surface area is 125 Å². The summed E-state index contributed by atoms with van der Waals surface area (Å²) in [5.41, 5.74) is 1.11. The van der Waals surface area contributed by atoms with Crippen molar-refractivity contribution < 1.29 is 0 Å². The summed E-state index contributed by atoms with van der Waals surface area (Å²) < 4.78 is 0. The summed E-state index contributed by atoms with van der Waals surface area (Å²) in [4.78, 5) is 2.86. The van der Waals surface area contributed by atoms with E-state index in [1.54, 1.807) is 0 Å². The Kier molecular flexibility index (Phi) is 3.70. The van der Waals surface area contributed by atoms with Crippen molar-refractivity contribution in [3.8, 4) is 0 Å². The molecule has 4 unspecified atom stereocenters. The molecule has 2 bridgehead atoms. The third kappa shape index (κ3) is 2.33. The van der Waals surface area contributed by atoms with Gasteiger partial charge in [0, 0.05) is 24.7 Å². The van der Waals surface area contributed by atoms with Gasteiger partial charge in [-0.25, -0.2) is 0 Å². The molecule has 1 saturated heterocycles. The number of hydrogen-bond donors (Lipinski definition) is 1. The maximum Gasteiger partial charge on any atom is 0.0204 e. The fourth-order valence-electron chi connectivity index (χ4n) is 6.04. The normalized spacial score (nSPS) is 44.4. The second-order valence-corrected chi connectivity index (χ2v) is 8.97. The molecule has 1 N–H and O–H groups in total. The molecule has 0 aromatic heterocycles. The molecule has 1 aliphatic heterocycles. The molecule has 2 nitrogen and oxygen atoms in total. The summed E-state index contributed by atoms with van der Waals surface area (Å²) >= 11 is 0. The second-order valence-electron chi connectivity index (χ2n) is 8.97. The van der Waals surface area contributed by atoms with E-state index in [2.05, 4.69) is 44.8 Å². The first-order chi connectivity index (χ1) is 9.33. The van der Waals surface area contributed by atoms with Crippen LogP contribution in [0, 0.1) is 16.7 Å². The van der Waals surface area contributed by atoms with Gasteiger partial charge in [-0.1, -0.05) is 34.6 Å². The molecule has 0 spiro atoms. The van der Waals surface area contributed by atoms with Crippen molar-refractivity contribution >= 4 is 0 Å². The largest absolute Gasteiger partial charge is 0.311 e. The van der Waals surface area contributed by atoms with Gasteiger partial charge in [0.1, 0.15) is 0 Å². The maximum absolute atomic E-state index is 3.78. The van der Waals surface area contributed by atoms with E-state index in [-0.39, 0.29) is 0 Å². The van der Waals surface area contributed by atoms with Gasteiger partial charge < -0.3 is 5.32 Å². The smallest absolute Gasteiger partial charge is 0.0204 e. The van der Waals surface area contributed by atoms with Crippen LogP contribution in [0.15, 0.2) is 0 Å². The highest BCUT2D eigenvalue weighted by molar-refractivity contribution is 5.13. The lowest BCUT2D eigenvalue weighted by Gasteiger charge is -2.51. The van der Waals surface area contributed by atoms with E-state index in [0.717, 1.165) is 12.0 Å². The van der Waals surface area contributed by atoms with E-state index in [1.807, 2.05) is 0 Å². The molecule has 0 aromatic carbocycles.